The monoisotopic (exact) mass is 282 g/mol. The highest BCUT2D eigenvalue weighted by Crippen LogP contribution is 2.25. The molecule has 20 heavy (non-hydrogen) atoms. The number of nitrogens with one attached hydrogen (secondary N) is 2. The van der Waals surface area contributed by atoms with Crippen LogP contribution in [0.2, 0.25) is 0 Å². The lowest BCUT2D eigenvalue weighted by atomic mass is 9.82. The first-order valence-electron chi connectivity index (χ1n) is 6.86. The largest absolute Gasteiger partial charge is 0.481 e. The van der Waals surface area contributed by atoms with Crippen molar-refractivity contribution in [3.05, 3.63) is 12.2 Å². The molecular formula is C14H22N2O4. The van der Waals surface area contributed by atoms with Crippen molar-refractivity contribution in [3.63, 3.8) is 0 Å². The highest BCUT2D eigenvalue weighted by atomic mass is 16.4. The summed E-state index contributed by atoms with van der Waals surface area (Å²) < 4.78 is 0. The molecule has 0 spiro atoms. The van der Waals surface area contributed by atoms with Crippen LogP contribution in [0.4, 0.5) is 0 Å². The maximum absolute atomic E-state index is 12.0. The molecule has 2 atom stereocenters. The fourth-order valence-corrected chi connectivity index (χ4v) is 2.20. The summed E-state index contributed by atoms with van der Waals surface area (Å²) in [5.41, 5.74) is 0. The van der Waals surface area contributed by atoms with Gasteiger partial charge in [0.2, 0.25) is 11.8 Å². The number of carbonyl (C=O) groups is 3. The second-order valence-corrected chi connectivity index (χ2v) is 5.26. The van der Waals surface area contributed by atoms with Crippen LogP contribution in [0.3, 0.4) is 0 Å². The first kappa shape index (κ1) is 16.2. The molecule has 0 unspecified atom stereocenters. The van der Waals surface area contributed by atoms with Gasteiger partial charge in [-0.2, -0.15) is 0 Å². The zero-order chi connectivity index (χ0) is 15.1. The molecule has 6 nitrogen and oxygen atoms in total. The molecule has 1 aliphatic rings. The molecule has 0 saturated carbocycles. The zero-order valence-electron chi connectivity index (χ0n) is 11.9. The Labute approximate surface area is 118 Å². The molecule has 112 valence electrons. The molecule has 0 aromatic rings. The van der Waals surface area contributed by atoms with Gasteiger partial charge in [-0.1, -0.05) is 12.2 Å². The smallest absolute Gasteiger partial charge is 0.307 e. The third-order valence-electron chi connectivity index (χ3n) is 3.19. The third kappa shape index (κ3) is 5.03. The number of carboxylic acid groups (broad SMARTS) is 1. The molecule has 1 rings (SSSR count). The van der Waals surface area contributed by atoms with Crippen molar-refractivity contribution in [2.75, 3.05) is 6.54 Å². The second-order valence-electron chi connectivity index (χ2n) is 5.26. The van der Waals surface area contributed by atoms with Crippen LogP contribution >= 0.6 is 0 Å². The average Bonchev–Trinajstić information content (AvgIpc) is 2.37. The molecule has 0 aromatic carbocycles. The standard InChI is InChI=1S/C14H22N2O4/c1-9(2)16-12(17)7-8-15-13(18)10-5-3-4-6-11(10)14(19)20/h3-4,9-11H,5-8H2,1-2H3,(H,15,18)(H,16,17)(H,19,20)/t10-,11+/m1/s1. The summed E-state index contributed by atoms with van der Waals surface area (Å²) in [4.78, 5) is 34.5. The van der Waals surface area contributed by atoms with E-state index in [0.29, 0.717) is 12.8 Å². The molecule has 2 amide bonds. The van der Waals surface area contributed by atoms with Gasteiger partial charge >= 0.3 is 5.97 Å². The van der Waals surface area contributed by atoms with Gasteiger partial charge in [0.1, 0.15) is 0 Å². The quantitative estimate of drug-likeness (QED) is 0.624. The van der Waals surface area contributed by atoms with Crippen LogP contribution in [0.25, 0.3) is 0 Å². The molecular weight excluding hydrogens is 260 g/mol. The molecule has 0 radical (unpaired) electrons. The van der Waals surface area contributed by atoms with E-state index in [1.807, 2.05) is 19.9 Å². The van der Waals surface area contributed by atoms with Crippen molar-refractivity contribution in [1.29, 1.82) is 0 Å². The van der Waals surface area contributed by atoms with Crippen molar-refractivity contribution in [3.8, 4) is 0 Å². The number of hydrogen-bond donors (Lipinski definition) is 3. The summed E-state index contributed by atoms with van der Waals surface area (Å²) in [6, 6.07) is 0.0677. The Kier molecular flexibility index (Phi) is 6.21. The molecule has 0 fully saturated rings. The van der Waals surface area contributed by atoms with E-state index in [0.717, 1.165) is 0 Å². The number of allylic oxidation sites excluding steroid dienone is 2. The number of rotatable bonds is 6. The van der Waals surface area contributed by atoms with E-state index in [1.54, 1.807) is 6.08 Å². The summed E-state index contributed by atoms with van der Waals surface area (Å²) in [6.45, 7) is 3.95. The average molecular weight is 282 g/mol. The van der Waals surface area contributed by atoms with Crippen LogP contribution in [-0.4, -0.2) is 35.5 Å². The number of carbonyl (C=O) groups excluding carboxylic acids is 2. The summed E-state index contributed by atoms with van der Waals surface area (Å²) in [6.07, 6.45) is 4.63. The van der Waals surface area contributed by atoms with Crippen molar-refractivity contribution < 1.29 is 19.5 Å². The molecule has 0 heterocycles. The second kappa shape index (κ2) is 7.67. The van der Waals surface area contributed by atoms with Gasteiger partial charge in [0.25, 0.3) is 0 Å². The Morgan fingerprint density at radius 3 is 2.35 bits per heavy atom. The van der Waals surface area contributed by atoms with Crippen LogP contribution in [0.5, 0.6) is 0 Å². The van der Waals surface area contributed by atoms with E-state index in [1.165, 1.54) is 0 Å². The Hall–Kier alpha value is -1.85. The number of amides is 2. The minimum atomic E-state index is -0.952. The minimum Gasteiger partial charge on any atom is -0.481 e. The Morgan fingerprint density at radius 2 is 1.80 bits per heavy atom. The number of aliphatic carboxylic acids is 1. The molecule has 1 aliphatic carbocycles. The summed E-state index contributed by atoms with van der Waals surface area (Å²) >= 11 is 0. The number of hydrogen-bond acceptors (Lipinski definition) is 3. The first-order chi connectivity index (χ1) is 9.41. The first-order valence-corrected chi connectivity index (χ1v) is 6.86. The van der Waals surface area contributed by atoms with Crippen molar-refractivity contribution in [2.24, 2.45) is 11.8 Å². The van der Waals surface area contributed by atoms with E-state index < -0.39 is 17.8 Å². The maximum Gasteiger partial charge on any atom is 0.307 e. The van der Waals surface area contributed by atoms with Crippen LogP contribution in [0.1, 0.15) is 33.1 Å². The van der Waals surface area contributed by atoms with Gasteiger partial charge in [0, 0.05) is 19.0 Å². The van der Waals surface area contributed by atoms with Crippen LogP contribution < -0.4 is 10.6 Å². The predicted octanol–water partition coefficient (Wildman–Crippen LogP) is 0.684. The summed E-state index contributed by atoms with van der Waals surface area (Å²) in [5, 5.41) is 14.5. The van der Waals surface area contributed by atoms with E-state index in [-0.39, 0.29) is 30.8 Å². The molecule has 3 N–H and O–H groups in total. The van der Waals surface area contributed by atoms with Gasteiger partial charge in [-0.05, 0) is 26.7 Å². The van der Waals surface area contributed by atoms with Gasteiger partial charge in [-0.15, -0.1) is 0 Å². The Balaban J connectivity index is 2.40. The zero-order valence-corrected chi connectivity index (χ0v) is 11.9. The van der Waals surface area contributed by atoms with Crippen molar-refractivity contribution in [1.82, 2.24) is 10.6 Å². The van der Waals surface area contributed by atoms with Crippen LogP contribution in [0, 0.1) is 11.8 Å². The molecule has 0 saturated heterocycles. The minimum absolute atomic E-state index is 0.0677. The Morgan fingerprint density at radius 1 is 1.20 bits per heavy atom. The Bertz CT molecular complexity index is 404. The fraction of sp³-hybridized carbons (Fsp3) is 0.643. The number of carboxylic acids is 1. The third-order valence-corrected chi connectivity index (χ3v) is 3.19. The van der Waals surface area contributed by atoms with E-state index in [9.17, 15) is 14.4 Å². The van der Waals surface area contributed by atoms with E-state index >= 15 is 0 Å². The van der Waals surface area contributed by atoms with Crippen molar-refractivity contribution >= 4 is 17.8 Å². The predicted molar refractivity (Wildman–Crippen MR) is 73.9 cm³/mol. The molecule has 0 aliphatic heterocycles. The lowest BCUT2D eigenvalue weighted by Gasteiger charge is -2.24. The highest BCUT2D eigenvalue weighted by molar-refractivity contribution is 5.85. The maximum atomic E-state index is 12.0. The molecule has 6 heteroatoms. The topological polar surface area (TPSA) is 95.5 Å². The van der Waals surface area contributed by atoms with Crippen molar-refractivity contribution in [2.45, 2.75) is 39.2 Å². The highest BCUT2D eigenvalue weighted by Gasteiger charge is 2.33. The summed E-state index contributed by atoms with van der Waals surface area (Å²) in [7, 11) is 0. The van der Waals surface area contributed by atoms with Gasteiger partial charge in [-0.25, -0.2) is 0 Å². The molecule has 0 bridgehead atoms. The SMILES string of the molecule is CC(C)NC(=O)CCNC(=O)[C@@H]1CC=CC[C@@H]1C(=O)O. The van der Waals surface area contributed by atoms with Gasteiger partial charge in [0.05, 0.1) is 11.8 Å². The normalized spacial score (nSPS) is 21.6. The van der Waals surface area contributed by atoms with Gasteiger partial charge in [-0.3, -0.25) is 14.4 Å². The van der Waals surface area contributed by atoms with Gasteiger partial charge in [0.15, 0.2) is 0 Å². The molecule has 0 aromatic heterocycles. The lowest BCUT2D eigenvalue weighted by Crippen LogP contribution is -2.40. The van der Waals surface area contributed by atoms with Crippen LogP contribution in [0.15, 0.2) is 12.2 Å². The fourth-order valence-electron chi connectivity index (χ4n) is 2.20. The van der Waals surface area contributed by atoms with E-state index in [4.69, 9.17) is 5.11 Å². The van der Waals surface area contributed by atoms with Gasteiger partial charge < -0.3 is 15.7 Å². The van der Waals surface area contributed by atoms with Crippen LogP contribution in [-0.2, 0) is 14.4 Å². The lowest BCUT2D eigenvalue weighted by molar-refractivity contribution is -0.147. The van der Waals surface area contributed by atoms with E-state index in [2.05, 4.69) is 10.6 Å². The summed E-state index contributed by atoms with van der Waals surface area (Å²) in [5.74, 6) is -2.60.